The molecule has 0 saturated carbocycles. The summed E-state index contributed by atoms with van der Waals surface area (Å²) in [4.78, 5) is 25.0. The second-order valence-electron chi connectivity index (χ2n) is 4.94. The second-order valence-corrected chi connectivity index (χ2v) is 6.09. The third kappa shape index (κ3) is 3.54. The van der Waals surface area contributed by atoms with Gasteiger partial charge in [-0.15, -0.1) is 0 Å². The summed E-state index contributed by atoms with van der Waals surface area (Å²) in [6.07, 6.45) is 1.04. The van der Waals surface area contributed by atoms with E-state index in [2.05, 4.69) is 0 Å². The number of nitrogens with zero attached hydrogens (tertiary/aromatic N) is 1. The highest BCUT2D eigenvalue weighted by Crippen LogP contribution is 2.19. The molecule has 2 rings (SSSR count). The lowest BCUT2D eigenvalue weighted by Gasteiger charge is -2.32. The Morgan fingerprint density at radius 2 is 2.15 bits per heavy atom. The zero-order valence-corrected chi connectivity index (χ0v) is 12.4. The van der Waals surface area contributed by atoms with Gasteiger partial charge in [0.15, 0.2) is 0 Å². The Hall–Kier alpha value is -1.49. The predicted molar refractivity (Wildman–Crippen MR) is 80.0 cm³/mol. The van der Waals surface area contributed by atoms with Gasteiger partial charge in [-0.2, -0.15) is 11.8 Å². The maximum Gasteiger partial charge on any atom is 0.327 e. The fourth-order valence-corrected chi connectivity index (χ4v) is 3.42. The van der Waals surface area contributed by atoms with Crippen LogP contribution < -0.4 is 0 Å². The highest BCUT2D eigenvalue weighted by Gasteiger charge is 2.31. The van der Waals surface area contributed by atoms with Crippen LogP contribution in [-0.4, -0.2) is 46.0 Å². The molecule has 4 nitrogen and oxygen atoms in total. The van der Waals surface area contributed by atoms with Gasteiger partial charge in [0.2, 0.25) is 5.91 Å². The van der Waals surface area contributed by atoms with Crippen LogP contribution in [0.5, 0.6) is 0 Å². The fourth-order valence-electron chi connectivity index (χ4n) is 2.38. The molecule has 1 atom stereocenters. The molecule has 1 fully saturated rings. The molecule has 0 aromatic heterocycles. The maximum absolute atomic E-state index is 12.3. The molecule has 1 heterocycles. The van der Waals surface area contributed by atoms with E-state index in [0.717, 1.165) is 11.3 Å². The number of thioether (sulfide) groups is 1. The SMILES string of the molecule is Cc1ccccc1CCC(=O)N1CCSCC1C(=O)O. The molecule has 1 unspecified atom stereocenters. The summed E-state index contributed by atoms with van der Waals surface area (Å²) in [6.45, 7) is 2.56. The minimum atomic E-state index is -0.901. The van der Waals surface area contributed by atoms with E-state index in [0.29, 0.717) is 25.1 Å². The monoisotopic (exact) mass is 293 g/mol. The smallest absolute Gasteiger partial charge is 0.327 e. The molecule has 1 aromatic rings. The van der Waals surface area contributed by atoms with Crippen LogP contribution in [0.2, 0.25) is 0 Å². The summed E-state index contributed by atoms with van der Waals surface area (Å²) in [7, 11) is 0. The number of amides is 1. The van der Waals surface area contributed by atoms with Crippen molar-refractivity contribution < 1.29 is 14.7 Å². The van der Waals surface area contributed by atoms with Gasteiger partial charge in [-0.1, -0.05) is 24.3 Å². The first-order chi connectivity index (χ1) is 9.59. The first-order valence-corrected chi connectivity index (χ1v) is 7.89. The molecule has 108 valence electrons. The first kappa shape index (κ1) is 14.9. The molecule has 1 aromatic carbocycles. The molecule has 1 aliphatic rings. The van der Waals surface area contributed by atoms with E-state index in [9.17, 15) is 14.7 Å². The molecule has 1 saturated heterocycles. The minimum absolute atomic E-state index is 0.0547. The van der Waals surface area contributed by atoms with Gasteiger partial charge in [0.25, 0.3) is 0 Å². The van der Waals surface area contributed by atoms with Crippen molar-refractivity contribution in [3.63, 3.8) is 0 Å². The van der Waals surface area contributed by atoms with Gasteiger partial charge in [0.05, 0.1) is 0 Å². The number of carboxylic acids is 1. The fraction of sp³-hybridized carbons (Fsp3) is 0.467. The molecule has 1 amide bonds. The van der Waals surface area contributed by atoms with Crippen LogP contribution in [0.25, 0.3) is 0 Å². The van der Waals surface area contributed by atoms with E-state index in [-0.39, 0.29) is 5.91 Å². The van der Waals surface area contributed by atoms with E-state index in [1.54, 1.807) is 11.8 Å². The molecular formula is C15H19NO3S. The number of carbonyl (C=O) groups excluding carboxylic acids is 1. The van der Waals surface area contributed by atoms with Crippen molar-refractivity contribution in [3.05, 3.63) is 35.4 Å². The zero-order valence-electron chi connectivity index (χ0n) is 11.5. The summed E-state index contributed by atoms with van der Waals surface area (Å²) < 4.78 is 0. The largest absolute Gasteiger partial charge is 0.480 e. The van der Waals surface area contributed by atoms with Crippen LogP contribution in [0.15, 0.2) is 24.3 Å². The topological polar surface area (TPSA) is 57.6 Å². The van der Waals surface area contributed by atoms with Gasteiger partial charge < -0.3 is 10.0 Å². The number of hydrogen-bond donors (Lipinski definition) is 1. The van der Waals surface area contributed by atoms with Crippen LogP contribution >= 0.6 is 11.8 Å². The molecule has 20 heavy (non-hydrogen) atoms. The standard InChI is InChI=1S/C15H19NO3S/c1-11-4-2-3-5-12(11)6-7-14(17)16-8-9-20-10-13(16)15(18)19/h2-5,13H,6-10H2,1H3,(H,18,19). The maximum atomic E-state index is 12.3. The number of carbonyl (C=O) groups is 2. The lowest BCUT2D eigenvalue weighted by atomic mass is 10.0. The van der Waals surface area contributed by atoms with E-state index < -0.39 is 12.0 Å². The zero-order chi connectivity index (χ0) is 14.5. The third-order valence-electron chi connectivity index (χ3n) is 3.60. The number of carboxylic acid groups (broad SMARTS) is 1. The number of benzene rings is 1. The van der Waals surface area contributed by atoms with Crippen molar-refractivity contribution in [2.75, 3.05) is 18.1 Å². The average Bonchev–Trinajstić information content (AvgIpc) is 2.46. The Labute approximate surface area is 123 Å². The summed E-state index contributed by atoms with van der Waals surface area (Å²) in [5, 5.41) is 9.18. The Kier molecular flexibility index (Phi) is 5.06. The van der Waals surface area contributed by atoms with Crippen LogP contribution in [0.3, 0.4) is 0 Å². The van der Waals surface area contributed by atoms with Crippen molar-refractivity contribution in [3.8, 4) is 0 Å². The summed E-state index contributed by atoms with van der Waals surface area (Å²) in [5.74, 6) is 0.355. The molecule has 1 aliphatic heterocycles. The number of rotatable bonds is 4. The van der Waals surface area contributed by atoms with Gasteiger partial charge in [-0.05, 0) is 24.5 Å². The van der Waals surface area contributed by atoms with E-state index >= 15 is 0 Å². The van der Waals surface area contributed by atoms with Crippen LogP contribution in [0.4, 0.5) is 0 Å². The minimum Gasteiger partial charge on any atom is -0.480 e. The van der Waals surface area contributed by atoms with Gasteiger partial charge in [0.1, 0.15) is 6.04 Å². The number of hydrogen-bond acceptors (Lipinski definition) is 3. The summed E-state index contributed by atoms with van der Waals surface area (Å²) in [5.41, 5.74) is 2.32. The first-order valence-electron chi connectivity index (χ1n) is 6.74. The molecule has 0 bridgehead atoms. The third-order valence-corrected chi connectivity index (χ3v) is 4.63. The summed E-state index contributed by atoms with van der Waals surface area (Å²) in [6, 6.07) is 7.31. The predicted octanol–water partition coefficient (Wildman–Crippen LogP) is 1.96. The molecule has 5 heteroatoms. The molecule has 1 N–H and O–H groups in total. The molecule has 0 radical (unpaired) electrons. The van der Waals surface area contributed by atoms with E-state index in [1.807, 2.05) is 31.2 Å². The van der Waals surface area contributed by atoms with Crippen LogP contribution in [0.1, 0.15) is 17.5 Å². The molecule has 0 spiro atoms. The van der Waals surface area contributed by atoms with Crippen molar-refractivity contribution in [2.45, 2.75) is 25.8 Å². The lowest BCUT2D eigenvalue weighted by Crippen LogP contribution is -2.50. The Morgan fingerprint density at radius 3 is 2.85 bits per heavy atom. The lowest BCUT2D eigenvalue weighted by molar-refractivity contribution is -0.149. The quantitative estimate of drug-likeness (QED) is 0.922. The second kappa shape index (κ2) is 6.79. The molecular weight excluding hydrogens is 274 g/mol. The normalized spacial score (nSPS) is 18.9. The Balaban J connectivity index is 1.97. The highest BCUT2D eigenvalue weighted by molar-refractivity contribution is 7.99. The van der Waals surface area contributed by atoms with Crippen LogP contribution in [0, 0.1) is 6.92 Å². The van der Waals surface area contributed by atoms with Crippen molar-refractivity contribution in [1.82, 2.24) is 4.90 Å². The van der Waals surface area contributed by atoms with Gasteiger partial charge in [0, 0.05) is 24.5 Å². The highest BCUT2D eigenvalue weighted by atomic mass is 32.2. The van der Waals surface area contributed by atoms with Crippen molar-refractivity contribution in [2.24, 2.45) is 0 Å². The van der Waals surface area contributed by atoms with Gasteiger partial charge >= 0.3 is 5.97 Å². The Bertz CT molecular complexity index is 504. The van der Waals surface area contributed by atoms with Gasteiger partial charge in [-0.25, -0.2) is 4.79 Å². The van der Waals surface area contributed by atoms with Crippen molar-refractivity contribution >= 4 is 23.6 Å². The summed E-state index contributed by atoms with van der Waals surface area (Å²) >= 11 is 1.59. The van der Waals surface area contributed by atoms with E-state index in [4.69, 9.17) is 0 Å². The molecule has 0 aliphatic carbocycles. The van der Waals surface area contributed by atoms with Crippen LogP contribution in [-0.2, 0) is 16.0 Å². The van der Waals surface area contributed by atoms with Crippen molar-refractivity contribution in [1.29, 1.82) is 0 Å². The van der Waals surface area contributed by atoms with Gasteiger partial charge in [-0.3, -0.25) is 4.79 Å². The average molecular weight is 293 g/mol. The van der Waals surface area contributed by atoms with E-state index in [1.165, 1.54) is 10.5 Å². The number of aryl methyl sites for hydroxylation is 2. The number of aliphatic carboxylic acids is 1. The Morgan fingerprint density at radius 1 is 1.40 bits per heavy atom.